The molecule has 0 aliphatic carbocycles. The Morgan fingerprint density at radius 2 is 2.00 bits per heavy atom. The lowest BCUT2D eigenvalue weighted by atomic mass is 10.1. The number of carbonyl (C=O) groups excluding carboxylic acids is 1. The van der Waals surface area contributed by atoms with Crippen molar-refractivity contribution < 1.29 is 18.4 Å². The molecule has 0 atom stereocenters. The van der Waals surface area contributed by atoms with Crippen molar-refractivity contribution >= 4 is 5.91 Å². The first-order valence-corrected chi connectivity index (χ1v) is 8.62. The van der Waals surface area contributed by atoms with Crippen molar-refractivity contribution in [2.75, 3.05) is 13.6 Å². The molecule has 0 fully saturated rings. The maximum Gasteiger partial charge on any atom is 0.255 e. The molecule has 1 aliphatic rings. The van der Waals surface area contributed by atoms with Crippen molar-refractivity contribution in [2.24, 2.45) is 0 Å². The number of likely N-dealkylation sites (N-methyl/N-ethyl adjacent to an activating group) is 1. The lowest BCUT2D eigenvalue weighted by Crippen LogP contribution is -2.34. The fourth-order valence-electron chi connectivity index (χ4n) is 3.07. The Bertz CT molecular complexity index is 998. The Hall–Kier alpha value is -3.22. The molecule has 0 spiro atoms. The number of ether oxygens (including phenoxy) is 1. The summed E-state index contributed by atoms with van der Waals surface area (Å²) in [6, 6.07) is 9.49. The summed E-state index contributed by atoms with van der Waals surface area (Å²) in [5.41, 5.74) is 3.50. The molecule has 6 nitrogen and oxygen atoms in total. The Labute approximate surface area is 155 Å². The van der Waals surface area contributed by atoms with Crippen LogP contribution in [0.4, 0.5) is 4.39 Å². The summed E-state index contributed by atoms with van der Waals surface area (Å²) in [5.74, 6) is 0.736. The Morgan fingerprint density at radius 1 is 1.22 bits per heavy atom. The molecular weight excluding hydrogens is 349 g/mol. The van der Waals surface area contributed by atoms with Crippen LogP contribution in [0.5, 0.6) is 5.88 Å². The van der Waals surface area contributed by atoms with Gasteiger partial charge in [-0.25, -0.2) is 9.37 Å². The Balaban J connectivity index is 1.55. The van der Waals surface area contributed by atoms with E-state index in [1.54, 1.807) is 43.1 Å². The Morgan fingerprint density at radius 3 is 2.78 bits per heavy atom. The quantitative estimate of drug-likeness (QED) is 0.707. The minimum Gasteiger partial charge on any atom is -0.473 e. The second kappa shape index (κ2) is 6.83. The van der Waals surface area contributed by atoms with Gasteiger partial charge in [0.15, 0.2) is 0 Å². The van der Waals surface area contributed by atoms with E-state index in [-0.39, 0.29) is 18.3 Å². The normalized spacial score (nSPS) is 13.6. The largest absolute Gasteiger partial charge is 0.473 e. The van der Waals surface area contributed by atoms with Gasteiger partial charge in [0.05, 0.1) is 16.8 Å². The second-order valence-corrected chi connectivity index (χ2v) is 6.48. The summed E-state index contributed by atoms with van der Waals surface area (Å²) in [4.78, 5) is 18.3. The van der Waals surface area contributed by atoms with Crippen molar-refractivity contribution in [3.05, 3.63) is 64.8 Å². The highest BCUT2D eigenvalue weighted by Gasteiger charge is 2.23. The number of aryl methyl sites for hydroxylation is 1. The van der Waals surface area contributed by atoms with E-state index in [9.17, 15) is 9.18 Å². The molecule has 0 unspecified atom stereocenters. The van der Waals surface area contributed by atoms with E-state index >= 15 is 0 Å². The average molecular weight is 367 g/mol. The number of pyridine rings is 1. The molecule has 3 heterocycles. The van der Waals surface area contributed by atoms with Crippen molar-refractivity contribution in [1.29, 1.82) is 0 Å². The number of nitrogens with zero attached hydrogens (tertiary/aromatic N) is 3. The molecule has 0 saturated heterocycles. The zero-order valence-electron chi connectivity index (χ0n) is 15.0. The van der Waals surface area contributed by atoms with E-state index in [4.69, 9.17) is 9.26 Å². The van der Waals surface area contributed by atoms with E-state index in [0.717, 1.165) is 16.8 Å². The molecular formula is C20H18FN3O3. The minimum absolute atomic E-state index is 0.0243. The van der Waals surface area contributed by atoms with Crippen molar-refractivity contribution in [3.8, 4) is 17.1 Å². The van der Waals surface area contributed by atoms with Crippen LogP contribution in [0.25, 0.3) is 11.3 Å². The van der Waals surface area contributed by atoms with Crippen LogP contribution in [0.15, 0.2) is 40.9 Å². The highest BCUT2D eigenvalue weighted by atomic mass is 19.1. The van der Waals surface area contributed by atoms with Gasteiger partial charge < -0.3 is 14.2 Å². The molecule has 1 amide bonds. The predicted molar refractivity (Wildman–Crippen MR) is 95.9 cm³/mol. The summed E-state index contributed by atoms with van der Waals surface area (Å²) < 4.78 is 24.3. The monoisotopic (exact) mass is 367 g/mol. The van der Waals surface area contributed by atoms with Gasteiger partial charge in [0.25, 0.3) is 5.91 Å². The van der Waals surface area contributed by atoms with E-state index in [1.165, 1.54) is 12.1 Å². The zero-order valence-corrected chi connectivity index (χ0v) is 15.0. The number of hydrogen-bond donors (Lipinski definition) is 0. The topological polar surface area (TPSA) is 68.5 Å². The molecule has 3 aromatic rings. The van der Waals surface area contributed by atoms with E-state index in [2.05, 4.69) is 10.1 Å². The third-order valence-electron chi connectivity index (χ3n) is 4.68. The fraction of sp³-hybridized carbons (Fsp3) is 0.250. The SMILES string of the molecule is Cc1onc(-c2ccc(F)cc2)c1COc1ccc2c(n1)CCN(C)C2=O. The maximum atomic E-state index is 13.2. The van der Waals surface area contributed by atoms with Gasteiger partial charge in [0.1, 0.15) is 23.9 Å². The molecule has 4 rings (SSSR count). The van der Waals surface area contributed by atoms with Gasteiger partial charge in [-0.1, -0.05) is 5.16 Å². The number of carbonyl (C=O) groups is 1. The van der Waals surface area contributed by atoms with E-state index in [1.807, 2.05) is 0 Å². The summed E-state index contributed by atoms with van der Waals surface area (Å²) in [6.07, 6.45) is 0.696. The van der Waals surface area contributed by atoms with E-state index < -0.39 is 0 Å². The zero-order chi connectivity index (χ0) is 19.0. The molecule has 0 bridgehead atoms. The first-order valence-electron chi connectivity index (χ1n) is 8.62. The summed E-state index contributed by atoms with van der Waals surface area (Å²) in [7, 11) is 1.78. The molecule has 1 aliphatic heterocycles. The third-order valence-corrected chi connectivity index (χ3v) is 4.68. The molecule has 0 saturated carbocycles. The van der Waals surface area contributed by atoms with Crippen LogP contribution < -0.4 is 4.74 Å². The van der Waals surface area contributed by atoms with Gasteiger partial charge in [-0.05, 0) is 37.3 Å². The van der Waals surface area contributed by atoms with E-state index in [0.29, 0.717) is 35.9 Å². The molecule has 1 aromatic carbocycles. The Kier molecular flexibility index (Phi) is 4.35. The molecule has 27 heavy (non-hydrogen) atoms. The number of hydrogen-bond acceptors (Lipinski definition) is 5. The number of fused-ring (bicyclic) bond motifs is 1. The van der Waals surface area contributed by atoms with Crippen LogP contribution in [-0.4, -0.2) is 34.5 Å². The standard InChI is InChI=1S/C20H18FN3O3/c1-12-16(19(23-27-12)13-3-5-14(21)6-4-13)11-26-18-8-7-15-17(22-18)9-10-24(2)20(15)25/h3-8H,9-11H2,1-2H3. The van der Waals surface area contributed by atoms with Crippen molar-refractivity contribution in [2.45, 2.75) is 20.0 Å². The summed E-state index contributed by atoms with van der Waals surface area (Å²) >= 11 is 0. The molecule has 7 heteroatoms. The van der Waals surface area contributed by atoms with Gasteiger partial charge in [-0.3, -0.25) is 4.79 Å². The maximum absolute atomic E-state index is 13.2. The smallest absolute Gasteiger partial charge is 0.255 e. The summed E-state index contributed by atoms with van der Waals surface area (Å²) in [6.45, 7) is 2.65. The number of benzene rings is 1. The number of halogens is 1. The van der Waals surface area contributed by atoms with Crippen molar-refractivity contribution in [1.82, 2.24) is 15.0 Å². The second-order valence-electron chi connectivity index (χ2n) is 6.48. The van der Waals surface area contributed by atoms with Crippen LogP contribution >= 0.6 is 0 Å². The number of aromatic nitrogens is 2. The van der Waals surface area contributed by atoms with Crippen LogP contribution in [0.1, 0.15) is 27.4 Å². The van der Waals surface area contributed by atoms with Gasteiger partial charge in [-0.2, -0.15) is 0 Å². The summed E-state index contributed by atoms with van der Waals surface area (Å²) in [5, 5.41) is 4.07. The van der Waals surface area contributed by atoms with Crippen molar-refractivity contribution in [3.63, 3.8) is 0 Å². The lowest BCUT2D eigenvalue weighted by molar-refractivity contribution is 0.0779. The molecule has 2 aromatic heterocycles. The average Bonchev–Trinajstić information content (AvgIpc) is 3.04. The van der Waals surface area contributed by atoms with Gasteiger partial charge in [-0.15, -0.1) is 0 Å². The lowest BCUT2D eigenvalue weighted by Gasteiger charge is -2.24. The van der Waals surface area contributed by atoms with Gasteiger partial charge >= 0.3 is 0 Å². The third kappa shape index (κ3) is 3.28. The van der Waals surface area contributed by atoms with Gasteiger partial charge in [0.2, 0.25) is 5.88 Å². The van der Waals surface area contributed by atoms with Gasteiger partial charge in [0, 0.05) is 31.6 Å². The molecule has 0 N–H and O–H groups in total. The first-order chi connectivity index (χ1) is 13.0. The van der Waals surface area contributed by atoms with Crippen LogP contribution in [0.2, 0.25) is 0 Å². The molecule has 138 valence electrons. The van der Waals surface area contributed by atoms with Crippen LogP contribution in [-0.2, 0) is 13.0 Å². The fourth-order valence-corrected chi connectivity index (χ4v) is 3.07. The molecule has 0 radical (unpaired) electrons. The number of rotatable bonds is 4. The van der Waals surface area contributed by atoms with Crippen LogP contribution in [0.3, 0.4) is 0 Å². The van der Waals surface area contributed by atoms with Crippen LogP contribution in [0, 0.1) is 12.7 Å². The number of amides is 1. The highest BCUT2D eigenvalue weighted by Crippen LogP contribution is 2.27. The highest BCUT2D eigenvalue weighted by molar-refractivity contribution is 5.96. The first kappa shape index (κ1) is 17.2. The predicted octanol–water partition coefficient (Wildman–Crippen LogP) is 3.39. The minimum atomic E-state index is -0.310.